The van der Waals surface area contributed by atoms with E-state index in [0.29, 0.717) is 0 Å². The maximum Gasteiger partial charge on any atom is 0.0715 e. The summed E-state index contributed by atoms with van der Waals surface area (Å²) >= 11 is 0. The standard InChI is InChI=1S/C58H53N3/c1-5-45(30-20-36-60-35-16-9-7-8-11-22-43(3)42-60)48-26-18-28-50(38-48)54-40-52(47-24-12-10-13-25-47)41-55(59-54)51-29-19-27-49(39-51)46(6-2)31-21-37-61-56-33-15-14-32-53(56)58-44(4)23-17-34-57(58)61/h5-10,12-21,23-34,37-41H,2-3,11,22,35-36,42H2,1,4H3/b8-7-,16-9-,30-20-,37-21+,45-5+,46-31+. The Bertz CT molecular complexity index is 2890. The van der Waals surface area contributed by atoms with Gasteiger partial charge in [0.2, 0.25) is 0 Å². The van der Waals surface area contributed by atoms with Gasteiger partial charge < -0.3 is 4.57 Å². The molecule has 3 nitrogen and oxygen atoms in total. The van der Waals surface area contributed by atoms with Gasteiger partial charge in [-0.1, -0.05) is 170 Å². The molecule has 0 fully saturated rings. The van der Waals surface area contributed by atoms with Gasteiger partial charge in [0.1, 0.15) is 0 Å². The second kappa shape index (κ2) is 19.3. The van der Waals surface area contributed by atoms with Crippen LogP contribution in [0, 0.1) is 6.92 Å². The molecule has 0 N–H and O–H groups in total. The van der Waals surface area contributed by atoms with Gasteiger partial charge in [-0.15, -0.1) is 0 Å². The van der Waals surface area contributed by atoms with E-state index in [1.165, 1.54) is 38.5 Å². The van der Waals surface area contributed by atoms with Gasteiger partial charge in [-0.05, 0) is 108 Å². The smallest absolute Gasteiger partial charge is 0.0715 e. The summed E-state index contributed by atoms with van der Waals surface area (Å²) < 4.78 is 2.28. The molecule has 61 heavy (non-hydrogen) atoms. The normalized spacial score (nSPS) is 15.5. The van der Waals surface area contributed by atoms with Crippen LogP contribution in [-0.2, 0) is 0 Å². The van der Waals surface area contributed by atoms with Crippen molar-refractivity contribution in [1.29, 1.82) is 0 Å². The lowest BCUT2D eigenvalue weighted by Crippen LogP contribution is -2.26. The maximum atomic E-state index is 5.35. The van der Waals surface area contributed by atoms with Gasteiger partial charge in [-0.3, -0.25) is 4.90 Å². The van der Waals surface area contributed by atoms with Crippen LogP contribution in [0.3, 0.4) is 0 Å². The number of pyridine rings is 1. The average Bonchev–Trinajstić information content (AvgIpc) is 3.63. The fourth-order valence-electron chi connectivity index (χ4n) is 8.28. The number of aryl methyl sites for hydroxylation is 1. The molecule has 7 aromatic rings. The van der Waals surface area contributed by atoms with Crippen LogP contribution in [0.1, 0.15) is 36.5 Å². The highest BCUT2D eigenvalue weighted by atomic mass is 15.1. The molecular formula is C58H53N3. The SMILES string of the molecule is C=C/C(=C\C=C\n1c2ccccc2c2c(C)cccc21)c1cccc(-c2cc(-c3ccccc3)cc(-c3cccc(C(/C=C\CN4C/C=C\C=C/CCC(=C)C4)=C/C)c3)n2)c1. The van der Waals surface area contributed by atoms with Crippen LogP contribution >= 0.6 is 0 Å². The first-order valence-corrected chi connectivity index (χ1v) is 21.3. The molecule has 2 aromatic heterocycles. The van der Waals surface area contributed by atoms with Crippen LogP contribution in [0.5, 0.6) is 0 Å². The number of rotatable bonds is 11. The Balaban J connectivity index is 1.10. The monoisotopic (exact) mass is 791 g/mol. The fourth-order valence-corrected chi connectivity index (χ4v) is 8.28. The molecule has 0 bridgehead atoms. The van der Waals surface area contributed by atoms with Crippen LogP contribution < -0.4 is 0 Å². The van der Waals surface area contributed by atoms with Gasteiger partial charge in [-0.2, -0.15) is 0 Å². The molecule has 0 spiro atoms. The molecule has 0 unspecified atom stereocenters. The lowest BCUT2D eigenvalue weighted by molar-refractivity contribution is 0.360. The zero-order valence-electron chi connectivity index (χ0n) is 35.3. The summed E-state index contributed by atoms with van der Waals surface area (Å²) in [6.07, 6.45) is 25.9. The van der Waals surface area contributed by atoms with Crippen molar-refractivity contribution >= 4 is 39.2 Å². The van der Waals surface area contributed by atoms with E-state index in [1.54, 1.807) is 0 Å². The molecule has 0 saturated carbocycles. The minimum Gasteiger partial charge on any atom is -0.316 e. The Morgan fingerprint density at radius 2 is 1.38 bits per heavy atom. The summed E-state index contributed by atoms with van der Waals surface area (Å²) in [4.78, 5) is 7.78. The van der Waals surface area contributed by atoms with E-state index in [4.69, 9.17) is 4.98 Å². The number of hydrogen-bond donors (Lipinski definition) is 0. The predicted molar refractivity (Wildman–Crippen MR) is 264 cm³/mol. The van der Waals surface area contributed by atoms with Crippen LogP contribution in [0.15, 0.2) is 213 Å². The zero-order chi connectivity index (χ0) is 42.0. The summed E-state index contributed by atoms with van der Waals surface area (Å²) in [6.45, 7) is 15.5. The van der Waals surface area contributed by atoms with Gasteiger partial charge in [0.15, 0.2) is 0 Å². The highest BCUT2D eigenvalue weighted by Gasteiger charge is 2.13. The molecule has 8 rings (SSSR count). The van der Waals surface area contributed by atoms with Gasteiger partial charge in [0, 0.05) is 47.7 Å². The number of hydrogen-bond acceptors (Lipinski definition) is 2. The molecule has 0 saturated heterocycles. The Labute approximate surface area is 361 Å². The van der Waals surface area contributed by atoms with Crippen molar-refractivity contribution in [2.24, 2.45) is 0 Å². The van der Waals surface area contributed by atoms with E-state index in [9.17, 15) is 0 Å². The topological polar surface area (TPSA) is 21.1 Å². The minimum atomic E-state index is 0.855. The zero-order valence-corrected chi connectivity index (χ0v) is 35.3. The first-order chi connectivity index (χ1) is 30.0. The minimum absolute atomic E-state index is 0.855. The van der Waals surface area contributed by atoms with Crippen molar-refractivity contribution in [3.8, 4) is 33.6 Å². The van der Waals surface area contributed by atoms with Crippen molar-refractivity contribution in [1.82, 2.24) is 14.5 Å². The number of fused-ring (bicyclic) bond motifs is 3. The maximum absolute atomic E-state index is 5.35. The molecule has 0 aliphatic carbocycles. The van der Waals surface area contributed by atoms with Crippen molar-refractivity contribution in [2.75, 3.05) is 19.6 Å². The van der Waals surface area contributed by atoms with E-state index >= 15 is 0 Å². The van der Waals surface area contributed by atoms with Crippen molar-refractivity contribution < 1.29 is 0 Å². The van der Waals surface area contributed by atoms with Gasteiger partial charge in [-0.25, -0.2) is 4.98 Å². The molecule has 0 atom stereocenters. The number of nitrogens with zero attached hydrogens (tertiary/aromatic N) is 3. The summed E-state index contributed by atoms with van der Waals surface area (Å²) in [7, 11) is 0. The van der Waals surface area contributed by atoms with Crippen LogP contribution in [0.4, 0.5) is 0 Å². The van der Waals surface area contributed by atoms with Crippen LogP contribution in [0.25, 0.3) is 72.8 Å². The van der Waals surface area contributed by atoms with Gasteiger partial charge in [0.05, 0.1) is 22.4 Å². The summed E-state index contributed by atoms with van der Waals surface area (Å²) in [5.74, 6) is 0. The summed E-state index contributed by atoms with van der Waals surface area (Å²) in [5, 5.41) is 2.56. The second-order valence-corrected chi connectivity index (χ2v) is 15.7. The Hall–Kier alpha value is -7.07. The Kier molecular flexibility index (Phi) is 12.9. The molecular weight excluding hydrogens is 739 g/mol. The highest BCUT2D eigenvalue weighted by molar-refractivity contribution is 6.11. The quantitative estimate of drug-likeness (QED) is 0.0961. The fraction of sp³-hybridized carbons (Fsp3) is 0.121. The van der Waals surface area contributed by atoms with Crippen LogP contribution in [-0.4, -0.2) is 34.1 Å². The third-order valence-corrected chi connectivity index (χ3v) is 11.4. The largest absolute Gasteiger partial charge is 0.316 e. The third kappa shape index (κ3) is 9.55. The van der Waals surface area contributed by atoms with Gasteiger partial charge >= 0.3 is 0 Å². The lowest BCUT2D eigenvalue weighted by atomic mass is 9.96. The molecule has 0 amide bonds. The van der Waals surface area contributed by atoms with Crippen LogP contribution in [0.2, 0.25) is 0 Å². The van der Waals surface area contributed by atoms with Gasteiger partial charge in [0.25, 0.3) is 0 Å². The summed E-state index contributed by atoms with van der Waals surface area (Å²) in [5.41, 5.74) is 15.6. The molecule has 1 aliphatic heterocycles. The van der Waals surface area contributed by atoms with E-state index in [2.05, 4.69) is 231 Å². The third-order valence-electron chi connectivity index (χ3n) is 11.4. The highest BCUT2D eigenvalue weighted by Crippen LogP contribution is 2.34. The Morgan fingerprint density at radius 1 is 0.705 bits per heavy atom. The van der Waals surface area contributed by atoms with Crippen molar-refractivity contribution in [2.45, 2.75) is 26.7 Å². The summed E-state index contributed by atoms with van der Waals surface area (Å²) in [6, 6.07) is 47.5. The first-order valence-electron chi connectivity index (χ1n) is 21.3. The molecule has 300 valence electrons. The van der Waals surface area contributed by atoms with Crippen molar-refractivity contribution in [3.05, 3.63) is 230 Å². The van der Waals surface area contributed by atoms with Crippen molar-refractivity contribution in [3.63, 3.8) is 0 Å². The van der Waals surface area contributed by atoms with E-state index in [-0.39, 0.29) is 0 Å². The lowest BCUT2D eigenvalue weighted by Gasteiger charge is -2.20. The molecule has 0 radical (unpaired) electrons. The average molecular weight is 792 g/mol. The number of aromatic nitrogens is 2. The predicted octanol–water partition coefficient (Wildman–Crippen LogP) is 15.0. The number of para-hydroxylation sites is 1. The molecule has 1 aliphatic rings. The molecule has 5 aromatic carbocycles. The first kappa shape index (κ1) is 40.7. The van der Waals surface area contributed by atoms with E-state index in [1.807, 2.05) is 6.08 Å². The molecule has 3 heteroatoms. The number of allylic oxidation sites excluding steroid dienone is 10. The number of benzene rings is 5. The Morgan fingerprint density at radius 3 is 2.13 bits per heavy atom. The van der Waals surface area contributed by atoms with E-state index < -0.39 is 0 Å². The molecule has 3 heterocycles. The second-order valence-electron chi connectivity index (χ2n) is 15.7. The van der Waals surface area contributed by atoms with E-state index in [0.717, 1.165) is 82.8 Å².